The van der Waals surface area contributed by atoms with E-state index in [0.29, 0.717) is 23.1 Å². The van der Waals surface area contributed by atoms with Crippen LogP contribution in [0.25, 0.3) is 11.2 Å². The first kappa shape index (κ1) is 19.0. The lowest BCUT2D eigenvalue weighted by Crippen LogP contribution is -2.61. The zero-order valence-electron chi connectivity index (χ0n) is 17.3. The predicted octanol–water partition coefficient (Wildman–Crippen LogP) is 1.27. The molecule has 0 spiro atoms. The van der Waals surface area contributed by atoms with Crippen molar-refractivity contribution in [2.45, 2.75) is 54.8 Å². The number of nitrogens with one attached hydrogen (secondary N) is 3. The van der Waals surface area contributed by atoms with Gasteiger partial charge < -0.3 is 5.43 Å². The lowest BCUT2D eigenvalue weighted by Gasteiger charge is -2.48. The number of fused-ring (bicyclic) bond motifs is 3. The Hall–Kier alpha value is -1.53. The maximum atomic E-state index is 13.4. The van der Waals surface area contributed by atoms with Crippen molar-refractivity contribution in [3.8, 4) is 0 Å². The number of rotatable bonds is 3. The number of hydrogen-bond donors (Lipinski definition) is 3. The van der Waals surface area contributed by atoms with Crippen LogP contribution in [0.4, 0.5) is 0 Å². The minimum Gasteiger partial charge on any atom is -0.307 e. The normalized spacial score (nSPS) is 36.2. The van der Waals surface area contributed by atoms with E-state index >= 15 is 0 Å². The molecule has 2 aromatic heterocycles. The molecule has 0 bridgehead atoms. The van der Waals surface area contributed by atoms with Gasteiger partial charge in [-0.3, -0.25) is 9.53 Å². The lowest BCUT2D eigenvalue weighted by molar-refractivity contribution is 0.00560. The molecule has 31 heavy (non-hydrogen) atoms. The van der Waals surface area contributed by atoms with E-state index in [1.54, 1.807) is 16.4 Å². The first-order valence-corrected chi connectivity index (χ1v) is 13.3. The van der Waals surface area contributed by atoms with Crippen LogP contribution in [-0.2, 0) is 17.8 Å². The van der Waals surface area contributed by atoms with Crippen LogP contribution in [0.2, 0.25) is 0 Å². The van der Waals surface area contributed by atoms with Gasteiger partial charge in [0, 0.05) is 43.0 Å². The lowest BCUT2D eigenvalue weighted by atomic mass is 9.74. The summed E-state index contributed by atoms with van der Waals surface area (Å²) in [6.07, 6.45) is 7.53. The Morgan fingerprint density at radius 1 is 1.29 bits per heavy atom. The van der Waals surface area contributed by atoms with Crippen molar-refractivity contribution in [1.82, 2.24) is 41.3 Å². The van der Waals surface area contributed by atoms with Crippen LogP contribution in [-0.4, -0.2) is 52.5 Å². The van der Waals surface area contributed by atoms with Crippen molar-refractivity contribution in [2.24, 2.45) is 18.9 Å². The first-order valence-electron chi connectivity index (χ1n) is 11.2. The van der Waals surface area contributed by atoms with Gasteiger partial charge in [0.05, 0.1) is 26.1 Å². The van der Waals surface area contributed by atoms with Gasteiger partial charge >= 0.3 is 0 Å². The number of pyridine rings is 1. The number of hydrazine groups is 2. The van der Waals surface area contributed by atoms with Crippen LogP contribution < -0.4 is 16.2 Å². The van der Waals surface area contributed by atoms with E-state index < -0.39 is 10.8 Å². The van der Waals surface area contributed by atoms with Crippen LogP contribution >= 0.6 is 11.8 Å². The fourth-order valence-electron chi connectivity index (χ4n) is 5.81. The van der Waals surface area contributed by atoms with Crippen molar-refractivity contribution in [3.63, 3.8) is 0 Å². The second-order valence-corrected chi connectivity index (χ2v) is 12.4. The van der Waals surface area contributed by atoms with Crippen molar-refractivity contribution in [3.05, 3.63) is 27.8 Å². The van der Waals surface area contributed by atoms with E-state index in [2.05, 4.69) is 42.6 Å². The summed E-state index contributed by atoms with van der Waals surface area (Å²) in [6, 6.07) is 2.78. The molecule has 7 rings (SSSR count). The molecule has 2 aromatic rings. The molecule has 0 amide bonds. The number of nitrogens with zero attached hydrogens (tertiary/aromatic N) is 5. The summed E-state index contributed by atoms with van der Waals surface area (Å²) in [5.74, 6) is 0.887. The summed E-state index contributed by atoms with van der Waals surface area (Å²) in [5, 5.41) is 15.0. The summed E-state index contributed by atoms with van der Waals surface area (Å²) in [7, 11) is 0.961. The average Bonchev–Trinajstić information content (AvgIpc) is 3.45. The molecule has 11 heteroatoms. The van der Waals surface area contributed by atoms with Gasteiger partial charge in [0.1, 0.15) is 5.52 Å². The summed E-state index contributed by atoms with van der Waals surface area (Å²) in [5.41, 5.74) is 11.1. The van der Waals surface area contributed by atoms with E-state index in [0.717, 1.165) is 47.6 Å². The summed E-state index contributed by atoms with van der Waals surface area (Å²) < 4.78 is 16.1. The molecule has 1 saturated carbocycles. The van der Waals surface area contributed by atoms with Crippen molar-refractivity contribution in [2.75, 3.05) is 6.54 Å². The third-order valence-electron chi connectivity index (χ3n) is 7.64. The van der Waals surface area contributed by atoms with Crippen LogP contribution in [0.1, 0.15) is 43.7 Å². The Bertz CT molecular complexity index is 1110. The highest BCUT2D eigenvalue weighted by Gasteiger charge is 2.55. The quantitative estimate of drug-likeness (QED) is 0.628. The zero-order valence-corrected chi connectivity index (χ0v) is 19.0. The van der Waals surface area contributed by atoms with Crippen molar-refractivity contribution in [1.29, 1.82) is 0 Å². The molecule has 1 aliphatic carbocycles. The van der Waals surface area contributed by atoms with E-state index in [4.69, 9.17) is 0 Å². The largest absolute Gasteiger partial charge is 0.307 e. The number of aryl methyl sites for hydroxylation is 1. The highest BCUT2D eigenvalue weighted by Crippen LogP contribution is 2.55. The minimum absolute atomic E-state index is 0.205. The van der Waals surface area contributed by atoms with Gasteiger partial charge in [-0.05, 0) is 43.2 Å². The van der Waals surface area contributed by atoms with Gasteiger partial charge in [-0.15, -0.1) is 5.10 Å². The number of hydrogen-bond acceptors (Lipinski definition) is 9. The Labute approximate surface area is 187 Å². The highest BCUT2D eigenvalue weighted by atomic mass is 32.2. The average molecular weight is 459 g/mol. The van der Waals surface area contributed by atoms with E-state index in [-0.39, 0.29) is 11.4 Å². The topological polar surface area (TPSA) is 100 Å². The van der Waals surface area contributed by atoms with Gasteiger partial charge in [-0.25, -0.2) is 15.1 Å². The van der Waals surface area contributed by atoms with Gasteiger partial charge in [0.25, 0.3) is 0 Å². The Morgan fingerprint density at radius 3 is 3.03 bits per heavy atom. The van der Waals surface area contributed by atoms with Gasteiger partial charge in [-0.1, -0.05) is 23.4 Å². The molecule has 0 radical (unpaired) electrons. The molecular formula is C20H26N8OS2. The molecule has 9 nitrogen and oxygen atoms in total. The molecular weight excluding hydrogens is 432 g/mol. The van der Waals surface area contributed by atoms with Crippen LogP contribution in [0, 0.1) is 11.8 Å². The number of piperidine rings is 1. The molecule has 164 valence electrons. The molecule has 6 atom stereocenters. The van der Waals surface area contributed by atoms with E-state index in [1.807, 2.05) is 13.2 Å². The SMILES string of the molecule is Cn1nnc2cc(C3CC4C5C(=C([S@](=O)C6CCC6)SC5N3)NN3NCCC43)cnc21. The van der Waals surface area contributed by atoms with E-state index in [1.165, 1.54) is 17.7 Å². The highest BCUT2D eigenvalue weighted by molar-refractivity contribution is 8.17. The maximum absolute atomic E-state index is 13.4. The summed E-state index contributed by atoms with van der Waals surface area (Å²) in [6.45, 7) is 0.984. The van der Waals surface area contributed by atoms with Gasteiger partial charge in [0.15, 0.2) is 5.65 Å². The van der Waals surface area contributed by atoms with E-state index in [9.17, 15) is 4.21 Å². The molecule has 4 aliphatic heterocycles. The fraction of sp³-hybridized carbons (Fsp3) is 0.650. The second kappa shape index (κ2) is 6.98. The van der Waals surface area contributed by atoms with Crippen LogP contribution in [0.3, 0.4) is 0 Å². The number of aromatic nitrogens is 4. The minimum atomic E-state index is -0.908. The third kappa shape index (κ3) is 2.80. The molecule has 5 aliphatic rings. The molecule has 0 aromatic carbocycles. The van der Waals surface area contributed by atoms with Gasteiger partial charge in [0.2, 0.25) is 0 Å². The molecule has 5 unspecified atom stereocenters. The van der Waals surface area contributed by atoms with Gasteiger partial charge in [-0.2, -0.15) is 5.12 Å². The molecule has 3 saturated heterocycles. The Kier molecular flexibility index (Phi) is 4.28. The van der Waals surface area contributed by atoms with Crippen LogP contribution in [0.15, 0.2) is 22.2 Å². The standard InChI is InChI=1S/C20H26N8OS2/c1-27-18-14(24-26-27)7-10(9-21-18)13-8-12-15-5-6-22-28(15)25-17-16(12)19(23-13)30-20(17)31(29)11-3-2-4-11/h7,9,11-13,15-16,19,22-23,25H,2-6,8H2,1H3/t12?,13?,15?,16?,19?,31-/m1/s1. The predicted molar refractivity (Wildman–Crippen MR) is 119 cm³/mol. The smallest absolute Gasteiger partial charge is 0.178 e. The maximum Gasteiger partial charge on any atom is 0.178 e. The molecule has 4 fully saturated rings. The number of thioether (sulfide) groups is 1. The first-order chi connectivity index (χ1) is 15.2. The Balaban J connectivity index is 1.25. The van der Waals surface area contributed by atoms with Crippen LogP contribution in [0.5, 0.6) is 0 Å². The monoisotopic (exact) mass is 458 g/mol. The molecule has 6 heterocycles. The molecule has 3 N–H and O–H groups in total. The fourth-order valence-corrected chi connectivity index (χ4v) is 9.63. The van der Waals surface area contributed by atoms with Crippen molar-refractivity contribution >= 4 is 33.7 Å². The Morgan fingerprint density at radius 2 is 2.19 bits per heavy atom. The third-order valence-corrected chi connectivity index (χ3v) is 11.2. The summed E-state index contributed by atoms with van der Waals surface area (Å²) in [4.78, 5) is 4.63. The summed E-state index contributed by atoms with van der Waals surface area (Å²) >= 11 is 1.80. The zero-order chi connectivity index (χ0) is 20.7. The second-order valence-electron chi connectivity index (χ2n) is 9.30. The van der Waals surface area contributed by atoms with Crippen molar-refractivity contribution < 1.29 is 4.21 Å².